The van der Waals surface area contributed by atoms with Gasteiger partial charge in [0, 0.05) is 19.2 Å². The fourth-order valence-electron chi connectivity index (χ4n) is 4.46. The lowest BCUT2D eigenvalue weighted by Gasteiger charge is -2.35. The normalized spacial score (nSPS) is 23.6. The molecule has 1 N–H and O–H groups in total. The Morgan fingerprint density at radius 3 is 2.79 bits per heavy atom. The summed E-state index contributed by atoms with van der Waals surface area (Å²) in [6, 6.07) is 17.5. The number of likely N-dealkylation sites (N-methyl/N-ethyl adjacent to an activating group) is 1. The van der Waals surface area contributed by atoms with E-state index in [1.807, 2.05) is 47.4 Å². The quantitative estimate of drug-likeness (QED) is 0.723. The van der Waals surface area contributed by atoms with Crippen molar-refractivity contribution < 1.29 is 9.59 Å². The molecule has 2 fully saturated rings. The number of nitrogens with zero attached hydrogens (tertiary/aromatic N) is 3. The zero-order chi connectivity index (χ0) is 20.0. The number of imidazole rings is 1. The zero-order valence-corrected chi connectivity index (χ0v) is 17.0. The van der Waals surface area contributed by atoms with Gasteiger partial charge in [0.25, 0.3) is 0 Å². The molecule has 2 atom stereocenters. The molecule has 148 valence electrons. The first-order valence-corrected chi connectivity index (χ1v) is 10.8. The van der Waals surface area contributed by atoms with Crippen LogP contribution in [0.25, 0.3) is 11.0 Å². The number of para-hydroxylation sites is 2. The summed E-state index contributed by atoms with van der Waals surface area (Å²) >= 11 is 1.72. The molecule has 2 aliphatic rings. The Morgan fingerprint density at radius 2 is 2.00 bits per heavy atom. The molecule has 2 saturated heterocycles. The van der Waals surface area contributed by atoms with Gasteiger partial charge in [0.05, 0.1) is 17.6 Å². The molecule has 2 aromatic carbocycles. The first-order valence-electron chi connectivity index (χ1n) is 9.79. The van der Waals surface area contributed by atoms with Gasteiger partial charge in [0.15, 0.2) is 0 Å². The summed E-state index contributed by atoms with van der Waals surface area (Å²) in [6.45, 7) is 0.384. The molecule has 2 aliphatic heterocycles. The zero-order valence-electron chi connectivity index (χ0n) is 16.2. The molecule has 1 aromatic heterocycles. The van der Waals surface area contributed by atoms with Gasteiger partial charge in [-0.1, -0.05) is 42.5 Å². The highest BCUT2D eigenvalue weighted by Gasteiger charge is 2.57. The highest BCUT2D eigenvalue weighted by atomic mass is 32.2. The molecule has 0 saturated carbocycles. The van der Waals surface area contributed by atoms with E-state index in [-0.39, 0.29) is 11.8 Å². The van der Waals surface area contributed by atoms with E-state index >= 15 is 0 Å². The predicted octanol–water partition coefficient (Wildman–Crippen LogP) is 3.11. The molecule has 2 amide bonds. The second-order valence-electron chi connectivity index (χ2n) is 7.64. The molecule has 0 aliphatic carbocycles. The van der Waals surface area contributed by atoms with Crippen molar-refractivity contribution in [1.29, 1.82) is 0 Å². The third-order valence-corrected chi connectivity index (χ3v) is 7.44. The van der Waals surface area contributed by atoms with E-state index in [1.165, 1.54) is 0 Å². The van der Waals surface area contributed by atoms with Crippen molar-refractivity contribution in [3.63, 3.8) is 0 Å². The number of hydrogen-bond acceptors (Lipinski definition) is 4. The van der Waals surface area contributed by atoms with E-state index in [9.17, 15) is 9.59 Å². The molecule has 0 unspecified atom stereocenters. The average Bonchev–Trinajstić information content (AvgIpc) is 3.42. The Balaban J connectivity index is 1.38. The first kappa shape index (κ1) is 18.2. The van der Waals surface area contributed by atoms with E-state index < -0.39 is 10.9 Å². The minimum absolute atomic E-state index is 0.0361. The van der Waals surface area contributed by atoms with Crippen LogP contribution in [-0.4, -0.2) is 50.4 Å². The maximum absolute atomic E-state index is 13.3. The van der Waals surface area contributed by atoms with Gasteiger partial charge in [0.1, 0.15) is 16.7 Å². The summed E-state index contributed by atoms with van der Waals surface area (Å²) in [6.07, 6.45) is 1.23. The minimum Gasteiger partial charge on any atom is -0.340 e. The van der Waals surface area contributed by atoms with Gasteiger partial charge in [-0.15, -0.1) is 11.8 Å². The lowest BCUT2D eigenvalue weighted by molar-refractivity contribution is -0.143. The fourth-order valence-corrected chi connectivity index (χ4v) is 6.10. The number of carbonyl (C=O) groups is 2. The van der Waals surface area contributed by atoms with E-state index in [1.54, 1.807) is 23.7 Å². The Kier molecular flexibility index (Phi) is 4.35. The topological polar surface area (TPSA) is 69.3 Å². The second-order valence-corrected chi connectivity index (χ2v) is 8.93. The summed E-state index contributed by atoms with van der Waals surface area (Å²) in [5, 5.41) is 0. The number of H-pyrrole nitrogens is 1. The van der Waals surface area contributed by atoms with Gasteiger partial charge in [-0.3, -0.25) is 9.59 Å². The fraction of sp³-hybridized carbons (Fsp3) is 0.318. The molecule has 0 radical (unpaired) electrons. The summed E-state index contributed by atoms with van der Waals surface area (Å²) in [5.41, 5.74) is 2.95. The van der Waals surface area contributed by atoms with Crippen LogP contribution in [0.2, 0.25) is 0 Å². The Morgan fingerprint density at radius 1 is 1.24 bits per heavy atom. The molecule has 0 bridgehead atoms. The number of rotatable bonds is 4. The molecule has 7 heteroatoms. The van der Waals surface area contributed by atoms with Gasteiger partial charge in [-0.25, -0.2) is 4.98 Å². The maximum atomic E-state index is 13.3. The molecular weight excluding hydrogens is 384 g/mol. The van der Waals surface area contributed by atoms with Crippen LogP contribution in [0.4, 0.5) is 0 Å². The highest BCUT2D eigenvalue weighted by Crippen LogP contribution is 2.54. The van der Waals surface area contributed by atoms with E-state index in [4.69, 9.17) is 0 Å². The second kappa shape index (κ2) is 6.91. The van der Waals surface area contributed by atoms with Crippen molar-refractivity contribution in [3.8, 4) is 0 Å². The third-order valence-electron chi connectivity index (χ3n) is 5.84. The first-order chi connectivity index (χ1) is 14.1. The molecule has 29 heavy (non-hydrogen) atoms. The molecule has 3 heterocycles. The average molecular weight is 407 g/mol. The summed E-state index contributed by atoms with van der Waals surface area (Å²) in [5.74, 6) is 1.39. The van der Waals surface area contributed by atoms with Crippen LogP contribution >= 0.6 is 11.8 Å². The van der Waals surface area contributed by atoms with Crippen molar-refractivity contribution in [2.75, 3.05) is 12.8 Å². The van der Waals surface area contributed by atoms with Crippen LogP contribution in [0.3, 0.4) is 0 Å². The van der Waals surface area contributed by atoms with Crippen LogP contribution in [-0.2, 0) is 21.0 Å². The van der Waals surface area contributed by atoms with Gasteiger partial charge in [-0.05, 0) is 24.1 Å². The van der Waals surface area contributed by atoms with Crippen molar-refractivity contribution in [3.05, 3.63) is 66.0 Å². The maximum Gasteiger partial charge on any atom is 0.246 e. The minimum atomic E-state index is -0.440. The molecule has 3 aromatic rings. The number of aromatic amines is 1. The standard InChI is InChI=1S/C22H22N4O2S/c1-25(13-19-23-16-9-5-6-10-17(16)24-19)21(28)18-14-29-22(12-11-20(27)26(18)22)15-7-3-2-4-8-15/h2-10,18H,11-14H2,1H3,(H,23,24)/t18-,22+/m1/s1. The molecular formula is C22H22N4O2S. The van der Waals surface area contributed by atoms with Crippen molar-refractivity contribution in [2.45, 2.75) is 30.3 Å². The summed E-state index contributed by atoms with van der Waals surface area (Å²) in [4.78, 5) is 37.0. The van der Waals surface area contributed by atoms with Gasteiger partial charge in [-0.2, -0.15) is 0 Å². The van der Waals surface area contributed by atoms with Gasteiger partial charge in [0.2, 0.25) is 11.8 Å². The van der Waals surface area contributed by atoms with Crippen molar-refractivity contribution in [2.24, 2.45) is 0 Å². The number of benzene rings is 2. The number of carbonyl (C=O) groups excluding carboxylic acids is 2. The Hall–Kier alpha value is -2.80. The Bertz CT molecular complexity index is 1050. The summed E-state index contributed by atoms with van der Waals surface area (Å²) in [7, 11) is 1.78. The number of fused-ring (bicyclic) bond motifs is 2. The number of aromatic nitrogens is 2. The van der Waals surface area contributed by atoms with Crippen LogP contribution in [0.15, 0.2) is 54.6 Å². The van der Waals surface area contributed by atoms with Crippen LogP contribution in [0.1, 0.15) is 24.2 Å². The summed E-state index contributed by atoms with van der Waals surface area (Å²) < 4.78 is 0. The third kappa shape index (κ3) is 2.92. The lowest BCUT2D eigenvalue weighted by atomic mass is 10.0. The van der Waals surface area contributed by atoms with Crippen molar-refractivity contribution in [1.82, 2.24) is 19.8 Å². The monoisotopic (exact) mass is 406 g/mol. The highest BCUT2D eigenvalue weighted by molar-refractivity contribution is 8.00. The number of nitrogens with one attached hydrogen (secondary N) is 1. The molecule has 0 spiro atoms. The largest absolute Gasteiger partial charge is 0.340 e. The molecule has 6 nitrogen and oxygen atoms in total. The predicted molar refractivity (Wildman–Crippen MR) is 113 cm³/mol. The number of thioether (sulfide) groups is 1. The lowest BCUT2D eigenvalue weighted by Crippen LogP contribution is -2.50. The number of amides is 2. The van der Waals surface area contributed by atoms with Gasteiger partial charge >= 0.3 is 0 Å². The van der Waals surface area contributed by atoms with E-state index in [0.717, 1.165) is 28.8 Å². The van der Waals surface area contributed by atoms with Crippen molar-refractivity contribution >= 4 is 34.6 Å². The van der Waals surface area contributed by atoms with E-state index in [2.05, 4.69) is 22.1 Å². The van der Waals surface area contributed by atoms with Crippen LogP contribution in [0, 0.1) is 0 Å². The van der Waals surface area contributed by atoms with Gasteiger partial charge < -0.3 is 14.8 Å². The SMILES string of the molecule is CN(Cc1nc2ccccc2[nH]1)C(=O)[C@H]1CS[C@]2(c3ccccc3)CCC(=O)N12. The number of hydrogen-bond donors (Lipinski definition) is 1. The Labute approximate surface area is 173 Å². The van der Waals surface area contributed by atoms with Crippen LogP contribution < -0.4 is 0 Å². The smallest absolute Gasteiger partial charge is 0.246 e. The van der Waals surface area contributed by atoms with E-state index in [0.29, 0.717) is 18.7 Å². The van der Waals surface area contributed by atoms with Crippen LogP contribution in [0.5, 0.6) is 0 Å². The molecule has 5 rings (SSSR count).